The summed E-state index contributed by atoms with van der Waals surface area (Å²) in [7, 11) is 0. The molecular weight excluding hydrogens is 703 g/mol. The number of rotatable bonds is 6. The molecule has 11 aromatic rings. The Bertz CT molecular complexity index is 3260. The van der Waals surface area contributed by atoms with E-state index in [0.29, 0.717) is 17.5 Å². The van der Waals surface area contributed by atoms with Crippen LogP contribution in [-0.2, 0) is 0 Å². The number of hydrogen-bond acceptors (Lipinski definition) is 5. The van der Waals surface area contributed by atoms with E-state index in [0.717, 1.165) is 60.9 Å². The predicted octanol–water partition coefficient (Wildman–Crippen LogP) is 14.1. The summed E-state index contributed by atoms with van der Waals surface area (Å²) in [6, 6.07) is 65.8. The van der Waals surface area contributed by atoms with E-state index in [4.69, 9.17) is 19.4 Å². The van der Waals surface area contributed by atoms with Gasteiger partial charge < -0.3 is 4.42 Å². The molecule has 0 radical (unpaired) electrons. The van der Waals surface area contributed by atoms with Crippen molar-refractivity contribution in [3.8, 4) is 67.5 Å². The summed E-state index contributed by atoms with van der Waals surface area (Å²) < 4.78 is 8.98. The van der Waals surface area contributed by atoms with Gasteiger partial charge in [0.15, 0.2) is 17.5 Å². The Labute approximate surface area is 327 Å². The van der Waals surface area contributed by atoms with Crippen LogP contribution in [0, 0.1) is 0 Å². The van der Waals surface area contributed by atoms with Gasteiger partial charge in [-0.15, -0.1) is 11.3 Å². The molecule has 0 fully saturated rings. The maximum absolute atomic E-state index is 6.46. The normalized spacial score (nSPS) is 11.6. The second-order valence-electron chi connectivity index (χ2n) is 14.0. The fourth-order valence-electron chi connectivity index (χ4n) is 7.80. The molecule has 0 saturated heterocycles. The summed E-state index contributed by atoms with van der Waals surface area (Å²) >= 11 is 1.81. The monoisotopic (exact) mass is 733 g/mol. The number of fused-ring (bicyclic) bond motifs is 6. The first kappa shape index (κ1) is 32.2. The number of thiophene rings is 1. The van der Waals surface area contributed by atoms with Crippen LogP contribution >= 0.6 is 11.3 Å². The van der Waals surface area contributed by atoms with Crippen LogP contribution < -0.4 is 0 Å². The highest BCUT2D eigenvalue weighted by Gasteiger charge is 2.17. The third kappa shape index (κ3) is 5.65. The Balaban J connectivity index is 1.04. The summed E-state index contributed by atoms with van der Waals surface area (Å²) in [5.74, 6) is 1.90. The first-order chi connectivity index (χ1) is 27.7. The molecule has 0 bridgehead atoms. The molecule has 11 rings (SSSR count). The molecule has 262 valence electrons. The Morgan fingerprint density at radius 1 is 0.321 bits per heavy atom. The second-order valence-corrected chi connectivity index (χ2v) is 15.1. The number of hydrogen-bond donors (Lipinski definition) is 0. The molecule has 0 N–H and O–H groups in total. The molecule has 8 aromatic carbocycles. The van der Waals surface area contributed by atoms with Crippen LogP contribution in [0.3, 0.4) is 0 Å². The molecule has 3 aromatic heterocycles. The van der Waals surface area contributed by atoms with Crippen molar-refractivity contribution in [3.63, 3.8) is 0 Å². The molecule has 0 spiro atoms. The van der Waals surface area contributed by atoms with E-state index in [2.05, 4.69) is 158 Å². The zero-order valence-corrected chi connectivity index (χ0v) is 30.9. The standard InChI is InChI=1S/C51H31N3OS/c1-3-12-32(13-4-1)34-16-9-17-35(28-34)36-24-26-44-43(30-36)48-40(21-11-22-45(48)55-44)37-18-10-19-38(29-37)50-52-49(33-14-5-2-6-15-33)53-51(54-50)39-25-27-47-42(31-39)41-20-7-8-23-46(41)56-47/h1-31H. The van der Waals surface area contributed by atoms with E-state index in [1.165, 1.54) is 31.3 Å². The maximum atomic E-state index is 6.46. The fourth-order valence-corrected chi connectivity index (χ4v) is 8.88. The molecule has 0 amide bonds. The Morgan fingerprint density at radius 3 is 1.66 bits per heavy atom. The van der Waals surface area contributed by atoms with Crippen molar-refractivity contribution < 1.29 is 4.42 Å². The van der Waals surface area contributed by atoms with E-state index >= 15 is 0 Å². The van der Waals surface area contributed by atoms with Crippen molar-refractivity contribution in [1.29, 1.82) is 0 Å². The number of furan rings is 1. The van der Waals surface area contributed by atoms with E-state index in [9.17, 15) is 0 Å². The first-order valence-corrected chi connectivity index (χ1v) is 19.5. The number of benzene rings is 8. The van der Waals surface area contributed by atoms with Crippen molar-refractivity contribution in [2.75, 3.05) is 0 Å². The van der Waals surface area contributed by atoms with Crippen molar-refractivity contribution in [1.82, 2.24) is 15.0 Å². The maximum Gasteiger partial charge on any atom is 0.164 e. The molecule has 0 saturated carbocycles. The van der Waals surface area contributed by atoms with Crippen LogP contribution in [-0.4, -0.2) is 15.0 Å². The lowest BCUT2D eigenvalue weighted by atomic mass is 9.95. The van der Waals surface area contributed by atoms with Crippen LogP contribution in [0.25, 0.3) is 110 Å². The smallest absolute Gasteiger partial charge is 0.164 e. The summed E-state index contributed by atoms with van der Waals surface area (Å²) in [5.41, 5.74) is 11.4. The summed E-state index contributed by atoms with van der Waals surface area (Å²) in [4.78, 5) is 15.3. The molecule has 0 aliphatic carbocycles. The van der Waals surface area contributed by atoms with Gasteiger partial charge in [0.2, 0.25) is 0 Å². The van der Waals surface area contributed by atoms with Gasteiger partial charge in [0, 0.05) is 47.6 Å². The lowest BCUT2D eigenvalue weighted by Crippen LogP contribution is -2.00. The molecule has 0 aliphatic rings. The van der Waals surface area contributed by atoms with Gasteiger partial charge in [-0.2, -0.15) is 0 Å². The quantitative estimate of drug-likeness (QED) is 0.171. The molecule has 3 heterocycles. The van der Waals surface area contributed by atoms with Gasteiger partial charge >= 0.3 is 0 Å². The lowest BCUT2D eigenvalue weighted by Gasteiger charge is -2.10. The average molecular weight is 734 g/mol. The zero-order chi connectivity index (χ0) is 37.0. The minimum Gasteiger partial charge on any atom is -0.456 e. The molecule has 5 heteroatoms. The largest absolute Gasteiger partial charge is 0.456 e. The topological polar surface area (TPSA) is 51.8 Å². The fraction of sp³-hybridized carbons (Fsp3) is 0. The minimum absolute atomic E-state index is 0.621. The summed E-state index contributed by atoms with van der Waals surface area (Å²) in [6.45, 7) is 0. The third-order valence-electron chi connectivity index (χ3n) is 10.5. The third-order valence-corrected chi connectivity index (χ3v) is 11.7. The SMILES string of the molecule is c1ccc(-c2cccc(-c3ccc4oc5cccc(-c6cccc(-c7nc(-c8ccccc8)nc(-c8ccc9sc%10ccccc%10c9c8)n7)c6)c5c4c3)c2)cc1. The highest BCUT2D eigenvalue weighted by molar-refractivity contribution is 7.25. The van der Waals surface area contributed by atoms with Crippen molar-refractivity contribution >= 4 is 53.4 Å². The van der Waals surface area contributed by atoms with Gasteiger partial charge in [-0.25, -0.2) is 15.0 Å². The highest BCUT2D eigenvalue weighted by Crippen LogP contribution is 2.40. The molecular formula is C51H31N3OS. The average Bonchev–Trinajstić information content (AvgIpc) is 3.85. The zero-order valence-electron chi connectivity index (χ0n) is 30.1. The van der Waals surface area contributed by atoms with E-state index in [-0.39, 0.29) is 0 Å². The number of nitrogens with zero attached hydrogens (tertiary/aromatic N) is 3. The van der Waals surface area contributed by atoms with Crippen LogP contribution in [0.1, 0.15) is 0 Å². The first-order valence-electron chi connectivity index (χ1n) is 18.7. The van der Waals surface area contributed by atoms with Crippen molar-refractivity contribution in [2.24, 2.45) is 0 Å². The van der Waals surface area contributed by atoms with Crippen LogP contribution in [0.5, 0.6) is 0 Å². The molecule has 4 nitrogen and oxygen atoms in total. The summed E-state index contributed by atoms with van der Waals surface area (Å²) in [5, 5.41) is 4.61. The summed E-state index contributed by atoms with van der Waals surface area (Å²) in [6.07, 6.45) is 0. The lowest BCUT2D eigenvalue weighted by molar-refractivity contribution is 0.669. The second kappa shape index (κ2) is 13.3. The van der Waals surface area contributed by atoms with Crippen LogP contribution in [0.2, 0.25) is 0 Å². The van der Waals surface area contributed by atoms with Gasteiger partial charge in [0.25, 0.3) is 0 Å². The van der Waals surface area contributed by atoms with E-state index < -0.39 is 0 Å². The van der Waals surface area contributed by atoms with Gasteiger partial charge in [-0.3, -0.25) is 0 Å². The van der Waals surface area contributed by atoms with Crippen LogP contribution in [0.15, 0.2) is 192 Å². The molecule has 0 unspecified atom stereocenters. The van der Waals surface area contributed by atoms with Crippen LogP contribution in [0.4, 0.5) is 0 Å². The highest BCUT2D eigenvalue weighted by atomic mass is 32.1. The predicted molar refractivity (Wildman–Crippen MR) is 233 cm³/mol. The molecule has 56 heavy (non-hydrogen) atoms. The van der Waals surface area contributed by atoms with Crippen molar-refractivity contribution in [3.05, 3.63) is 188 Å². The van der Waals surface area contributed by atoms with E-state index in [1.807, 2.05) is 30.3 Å². The van der Waals surface area contributed by atoms with Gasteiger partial charge in [0.05, 0.1) is 0 Å². The van der Waals surface area contributed by atoms with Crippen molar-refractivity contribution in [2.45, 2.75) is 0 Å². The number of aromatic nitrogens is 3. The van der Waals surface area contributed by atoms with Gasteiger partial charge in [-0.1, -0.05) is 133 Å². The Hall–Kier alpha value is -7.21. The Kier molecular flexibility index (Phi) is 7.64. The minimum atomic E-state index is 0.621. The molecule has 0 atom stereocenters. The van der Waals surface area contributed by atoms with Gasteiger partial charge in [-0.05, 0) is 88.0 Å². The van der Waals surface area contributed by atoms with Gasteiger partial charge in [0.1, 0.15) is 11.2 Å². The molecule has 0 aliphatic heterocycles. The van der Waals surface area contributed by atoms with E-state index in [1.54, 1.807) is 11.3 Å². The Morgan fingerprint density at radius 2 is 0.857 bits per heavy atom.